The van der Waals surface area contributed by atoms with Crippen molar-refractivity contribution >= 4 is 10.0 Å². The van der Waals surface area contributed by atoms with Crippen molar-refractivity contribution < 1.29 is 13.3 Å². The summed E-state index contributed by atoms with van der Waals surface area (Å²) in [5.41, 5.74) is 1.17. The van der Waals surface area contributed by atoms with Gasteiger partial charge in [0.25, 0.3) is 0 Å². The summed E-state index contributed by atoms with van der Waals surface area (Å²) in [5.74, 6) is -0.0985. The average molecular weight is 266 g/mol. The Morgan fingerprint density at radius 2 is 2.00 bits per heavy atom. The maximum Gasteiger partial charge on any atom is 0.240 e. The monoisotopic (exact) mass is 266 g/mol. The van der Waals surface area contributed by atoms with Gasteiger partial charge in [-0.05, 0) is 30.5 Å². The minimum Gasteiger partial charge on any atom is -0.284 e. The van der Waals surface area contributed by atoms with Gasteiger partial charge in [0.05, 0.1) is 24.0 Å². The lowest BCUT2D eigenvalue weighted by Gasteiger charge is -2.25. The van der Waals surface area contributed by atoms with Crippen molar-refractivity contribution in [3.63, 3.8) is 0 Å². The molecule has 1 aromatic carbocycles. The van der Waals surface area contributed by atoms with Gasteiger partial charge in [0.15, 0.2) is 0 Å². The molecule has 1 aliphatic heterocycles. The lowest BCUT2D eigenvalue weighted by molar-refractivity contribution is -0.109. The topological polar surface area (TPSA) is 70.4 Å². The van der Waals surface area contributed by atoms with Crippen molar-refractivity contribution in [1.29, 1.82) is 5.26 Å². The van der Waals surface area contributed by atoms with Crippen LogP contribution in [0, 0.1) is 11.3 Å². The van der Waals surface area contributed by atoms with Crippen LogP contribution in [0.4, 0.5) is 0 Å². The van der Waals surface area contributed by atoms with E-state index in [4.69, 9.17) is 10.1 Å². The van der Waals surface area contributed by atoms with Gasteiger partial charge in [-0.25, -0.2) is 8.42 Å². The first kappa shape index (κ1) is 13.0. The lowest BCUT2D eigenvalue weighted by Crippen LogP contribution is -2.36. The molecule has 2 rings (SSSR count). The second kappa shape index (κ2) is 5.48. The molecule has 0 bridgehead atoms. The zero-order valence-electron chi connectivity index (χ0n) is 9.87. The van der Waals surface area contributed by atoms with Crippen LogP contribution in [-0.2, 0) is 20.6 Å². The van der Waals surface area contributed by atoms with Gasteiger partial charge in [-0.15, -0.1) is 0 Å². The van der Waals surface area contributed by atoms with Crippen LogP contribution in [0.5, 0.6) is 0 Å². The highest BCUT2D eigenvalue weighted by Crippen LogP contribution is 2.16. The van der Waals surface area contributed by atoms with Crippen LogP contribution in [0.1, 0.15) is 24.0 Å². The molecule has 0 amide bonds. The van der Waals surface area contributed by atoms with Gasteiger partial charge in [0.1, 0.15) is 0 Å². The molecule has 0 N–H and O–H groups in total. The smallest absolute Gasteiger partial charge is 0.240 e. The van der Waals surface area contributed by atoms with E-state index in [0.717, 1.165) is 17.3 Å². The first-order valence-electron chi connectivity index (χ1n) is 5.74. The molecule has 0 aromatic heterocycles. The minimum atomic E-state index is -3.43. The molecule has 96 valence electrons. The number of hydroxylamine groups is 1. The number of hydrogen-bond donors (Lipinski definition) is 0. The highest BCUT2D eigenvalue weighted by atomic mass is 32.2. The van der Waals surface area contributed by atoms with E-state index < -0.39 is 10.0 Å². The number of sulfonamides is 1. The van der Waals surface area contributed by atoms with Gasteiger partial charge in [-0.1, -0.05) is 16.6 Å². The van der Waals surface area contributed by atoms with Crippen molar-refractivity contribution in [1.82, 2.24) is 4.47 Å². The molecule has 0 radical (unpaired) electrons. The molecule has 1 aromatic rings. The predicted octanol–water partition coefficient (Wildman–Crippen LogP) is 1.42. The number of rotatable bonds is 3. The summed E-state index contributed by atoms with van der Waals surface area (Å²) in [5, 5.41) is 8.67. The van der Waals surface area contributed by atoms with Gasteiger partial charge >= 0.3 is 0 Å². The Kier molecular flexibility index (Phi) is 3.97. The molecular formula is C12H14N2O3S. The normalized spacial score (nSPS) is 17.3. The number of hydrogen-bond acceptors (Lipinski definition) is 4. The van der Waals surface area contributed by atoms with Crippen molar-refractivity contribution in [2.45, 2.75) is 18.6 Å². The number of nitriles is 1. The SMILES string of the molecule is N#Cc1ccc(CS(=O)(=O)N2CCCCO2)cc1. The fraction of sp³-hybridized carbons (Fsp3) is 0.417. The summed E-state index contributed by atoms with van der Waals surface area (Å²) in [6.07, 6.45) is 1.72. The molecule has 5 nitrogen and oxygen atoms in total. The first-order valence-corrected chi connectivity index (χ1v) is 7.35. The van der Waals surface area contributed by atoms with Gasteiger partial charge in [-0.2, -0.15) is 5.26 Å². The molecule has 0 saturated carbocycles. The minimum absolute atomic E-state index is 0.0985. The Morgan fingerprint density at radius 3 is 2.56 bits per heavy atom. The summed E-state index contributed by atoms with van der Waals surface area (Å²) in [4.78, 5) is 5.15. The largest absolute Gasteiger partial charge is 0.284 e. The summed E-state index contributed by atoms with van der Waals surface area (Å²) in [7, 11) is -3.43. The van der Waals surface area contributed by atoms with E-state index in [9.17, 15) is 8.42 Å². The number of nitrogens with zero attached hydrogens (tertiary/aromatic N) is 2. The molecule has 6 heteroatoms. The molecule has 0 aliphatic carbocycles. The maximum atomic E-state index is 12.0. The van der Waals surface area contributed by atoms with E-state index in [2.05, 4.69) is 0 Å². The standard InChI is InChI=1S/C12H14N2O3S/c13-9-11-3-5-12(6-4-11)10-18(15,16)14-7-1-2-8-17-14/h3-6H,1-2,7-8,10H2. The third kappa shape index (κ3) is 3.07. The van der Waals surface area contributed by atoms with Crippen LogP contribution in [0.2, 0.25) is 0 Å². The van der Waals surface area contributed by atoms with Gasteiger partial charge in [0.2, 0.25) is 10.0 Å². The van der Waals surface area contributed by atoms with E-state index in [-0.39, 0.29) is 5.75 Å². The predicted molar refractivity (Wildman–Crippen MR) is 65.7 cm³/mol. The van der Waals surface area contributed by atoms with Crippen LogP contribution in [-0.4, -0.2) is 26.0 Å². The van der Waals surface area contributed by atoms with E-state index in [1.165, 1.54) is 0 Å². The van der Waals surface area contributed by atoms with E-state index in [1.54, 1.807) is 24.3 Å². The average Bonchev–Trinajstić information content (AvgIpc) is 2.40. The molecule has 18 heavy (non-hydrogen) atoms. The molecular weight excluding hydrogens is 252 g/mol. The Labute approximate surface area is 107 Å². The second-order valence-corrected chi connectivity index (χ2v) is 5.99. The van der Waals surface area contributed by atoms with Crippen LogP contribution in [0.3, 0.4) is 0 Å². The second-order valence-electron chi connectivity index (χ2n) is 4.13. The third-order valence-corrected chi connectivity index (χ3v) is 4.32. The molecule has 1 aliphatic rings. The maximum absolute atomic E-state index is 12.0. The van der Waals surface area contributed by atoms with Gasteiger partial charge in [-0.3, -0.25) is 4.84 Å². The summed E-state index contributed by atoms with van der Waals surface area (Å²) < 4.78 is 25.2. The van der Waals surface area contributed by atoms with Gasteiger partial charge < -0.3 is 0 Å². The first-order chi connectivity index (χ1) is 8.62. The summed E-state index contributed by atoms with van der Waals surface area (Å²) in [6, 6.07) is 8.53. The number of benzene rings is 1. The fourth-order valence-corrected chi connectivity index (χ4v) is 3.15. The Balaban J connectivity index is 2.09. The fourth-order valence-electron chi connectivity index (χ4n) is 1.75. The van der Waals surface area contributed by atoms with E-state index in [1.807, 2.05) is 6.07 Å². The van der Waals surface area contributed by atoms with E-state index >= 15 is 0 Å². The summed E-state index contributed by atoms with van der Waals surface area (Å²) >= 11 is 0. The van der Waals surface area contributed by atoms with E-state index in [0.29, 0.717) is 24.3 Å². The molecule has 0 atom stereocenters. The lowest BCUT2D eigenvalue weighted by atomic mass is 10.2. The highest BCUT2D eigenvalue weighted by molar-refractivity contribution is 7.88. The van der Waals surface area contributed by atoms with Crippen LogP contribution < -0.4 is 0 Å². The summed E-state index contributed by atoms with van der Waals surface area (Å²) in [6.45, 7) is 0.866. The Bertz CT molecular complexity index is 540. The Hall–Kier alpha value is -1.42. The molecule has 1 heterocycles. The molecule has 0 spiro atoms. The highest BCUT2D eigenvalue weighted by Gasteiger charge is 2.25. The quantitative estimate of drug-likeness (QED) is 0.829. The Morgan fingerprint density at radius 1 is 1.28 bits per heavy atom. The molecule has 0 unspecified atom stereocenters. The van der Waals surface area contributed by atoms with Crippen molar-refractivity contribution in [2.75, 3.05) is 13.2 Å². The van der Waals surface area contributed by atoms with Crippen LogP contribution in [0.25, 0.3) is 0 Å². The zero-order valence-corrected chi connectivity index (χ0v) is 10.7. The van der Waals surface area contributed by atoms with Crippen LogP contribution in [0.15, 0.2) is 24.3 Å². The zero-order chi connectivity index (χ0) is 13.0. The van der Waals surface area contributed by atoms with Crippen molar-refractivity contribution in [2.24, 2.45) is 0 Å². The van der Waals surface area contributed by atoms with Crippen LogP contribution >= 0.6 is 0 Å². The molecule has 1 fully saturated rings. The van der Waals surface area contributed by atoms with Gasteiger partial charge in [0, 0.05) is 6.54 Å². The van der Waals surface area contributed by atoms with Crippen molar-refractivity contribution in [3.8, 4) is 6.07 Å². The van der Waals surface area contributed by atoms with Crippen molar-refractivity contribution in [3.05, 3.63) is 35.4 Å². The molecule has 1 saturated heterocycles. The third-order valence-electron chi connectivity index (χ3n) is 2.71.